The number of fused-ring (bicyclic) bond motifs is 10. The van der Waals surface area contributed by atoms with Gasteiger partial charge in [0.05, 0.1) is 0 Å². The second-order valence-corrected chi connectivity index (χ2v) is 12.3. The van der Waals surface area contributed by atoms with Gasteiger partial charge in [-0.1, -0.05) is 109 Å². The molecule has 0 unspecified atom stereocenters. The van der Waals surface area contributed by atoms with Gasteiger partial charge in [-0.15, -0.1) is 0 Å². The molecule has 3 aromatic heterocycles. The summed E-state index contributed by atoms with van der Waals surface area (Å²) in [5.74, 6) is 1.88. The van der Waals surface area contributed by atoms with Crippen LogP contribution in [0.25, 0.3) is 99.5 Å². The summed E-state index contributed by atoms with van der Waals surface area (Å²) >= 11 is 0. The van der Waals surface area contributed by atoms with Crippen molar-refractivity contribution in [2.45, 2.75) is 0 Å². The molecule has 228 valence electrons. The molecule has 0 aliphatic rings. The number of hydrogen-bond acceptors (Lipinski definition) is 5. The third-order valence-corrected chi connectivity index (χ3v) is 9.42. The molecule has 0 amide bonds. The van der Waals surface area contributed by atoms with Crippen LogP contribution in [-0.2, 0) is 0 Å². The molecule has 10 rings (SSSR count). The van der Waals surface area contributed by atoms with E-state index in [1.807, 2.05) is 67.0 Å². The van der Waals surface area contributed by atoms with Crippen LogP contribution >= 0.6 is 0 Å². The summed E-state index contributed by atoms with van der Waals surface area (Å²) in [7, 11) is 0. The van der Waals surface area contributed by atoms with Crippen molar-refractivity contribution in [1.82, 2.24) is 19.9 Å². The van der Waals surface area contributed by atoms with Gasteiger partial charge in [0, 0.05) is 45.2 Å². The molecule has 0 bridgehead atoms. The van der Waals surface area contributed by atoms with E-state index < -0.39 is 0 Å². The molecule has 0 saturated heterocycles. The molecule has 49 heavy (non-hydrogen) atoms. The van der Waals surface area contributed by atoms with E-state index >= 15 is 0 Å². The third kappa shape index (κ3) is 4.48. The lowest BCUT2D eigenvalue weighted by Crippen LogP contribution is -2.00. The van der Waals surface area contributed by atoms with Crippen LogP contribution in [0.2, 0.25) is 0 Å². The molecule has 0 saturated carbocycles. The predicted molar refractivity (Wildman–Crippen MR) is 199 cm³/mol. The van der Waals surface area contributed by atoms with Gasteiger partial charge in [0.15, 0.2) is 17.5 Å². The van der Waals surface area contributed by atoms with Crippen LogP contribution in [0.15, 0.2) is 162 Å². The molecule has 3 heterocycles. The van der Waals surface area contributed by atoms with Crippen molar-refractivity contribution in [2.75, 3.05) is 0 Å². The Balaban J connectivity index is 1.21. The van der Waals surface area contributed by atoms with Gasteiger partial charge >= 0.3 is 0 Å². The lowest BCUT2D eigenvalue weighted by atomic mass is 9.91. The molecule has 5 heteroatoms. The monoisotopic (exact) mass is 626 g/mol. The van der Waals surface area contributed by atoms with E-state index in [2.05, 4.69) is 96.0 Å². The number of rotatable bonds is 4. The molecule has 5 nitrogen and oxygen atoms in total. The zero-order chi connectivity index (χ0) is 32.3. The minimum Gasteiger partial charge on any atom is -0.456 e. The van der Waals surface area contributed by atoms with E-state index in [1.54, 1.807) is 0 Å². The number of aromatic nitrogens is 4. The molecule has 0 atom stereocenters. The maximum Gasteiger partial charge on any atom is 0.164 e. The van der Waals surface area contributed by atoms with Crippen LogP contribution in [0, 0.1) is 0 Å². The fraction of sp³-hybridized carbons (Fsp3) is 0. The van der Waals surface area contributed by atoms with Gasteiger partial charge in [0.2, 0.25) is 0 Å². The Hall–Kier alpha value is -6.72. The first-order chi connectivity index (χ1) is 24.3. The van der Waals surface area contributed by atoms with E-state index in [1.165, 1.54) is 26.9 Å². The van der Waals surface area contributed by atoms with E-state index in [9.17, 15) is 0 Å². The Bertz CT molecular complexity index is 2860. The van der Waals surface area contributed by atoms with Crippen molar-refractivity contribution in [1.29, 1.82) is 0 Å². The van der Waals surface area contributed by atoms with Crippen molar-refractivity contribution in [3.05, 3.63) is 158 Å². The quantitative estimate of drug-likeness (QED) is 0.182. The number of nitrogens with zero attached hydrogens (tertiary/aromatic N) is 4. The van der Waals surface area contributed by atoms with Crippen molar-refractivity contribution in [3.8, 4) is 45.3 Å². The van der Waals surface area contributed by atoms with Crippen LogP contribution < -0.4 is 0 Å². The van der Waals surface area contributed by atoms with Gasteiger partial charge in [0.1, 0.15) is 11.2 Å². The molecular weight excluding hydrogens is 601 g/mol. The standard InChI is InChI=1S/C44H26N4O/c1-2-8-29(9-3-1)42-46-43(30-16-14-27(15-17-30)28-22-24-45-25-23-28)48-44(47-42)31-18-19-35-37(26-31)33-11-5-4-10-32(33)34-20-21-39-41(40(34)35)36-12-6-7-13-38(36)49-39/h1-26H. The topological polar surface area (TPSA) is 64.7 Å². The molecule has 0 fully saturated rings. The fourth-order valence-corrected chi connectivity index (χ4v) is 7.10. The van der Waals surface area contributed by atoms with Crippen molar-refractivity contribution >= 4 is 54.3 Å². The number of benzene rings is 7. The summed E-state index contributed by atoms with van der Waals surface area (Å²) < 4.78 is 6.33. The Morgan fingerprint density at radius 1 is 0.327 bits per heavy atom. The Kier molecular flexibility index (Phi) is 6.11. The largest absolute Gasteiger partial charge is 0.456 e. The molecule has 0 aliphatic heterocycles. The highest BCUT2D eigenvalue weighted by Crippen LogP contribution is 2.43. The number of hydrogen-bond donors (Lipinski definition) is 0. The highest BCUT2D eigenvalue weighted by molar-refractivity contribution is 6.34. The summed E-state index contributed by atoms with van der Waals surface area (Å²) in [5, 5.41) is 9.35. The Morgan fingerprint density at radius 2 is 0.857 bits per heavy atom. The zero-order valence-electron chi connectivity index (χ0n) is 26.2. The van der Waals surface area contributed by atoms with Crippen molar-refractivity contribution < 1.29 is 4.42 Å². The molecule has 0 spiro atoms. The predicted octanol–water partition coefficient (Wildman–Crippen LogP) is 11.3. The lowest BCUT2D eigenvalue weighted by molar-refractivity contribution is 0.669. The minimum atomic E-state index is 0.625. The Labute approximate surface area is 281 Å². The Morgan fingerprint density at radius 3 is 1.61 bits per heavy atom. The van der Waals surface area contributed by atoms with Gasteiger partial charge in [-0.25, -0.2) is 15.0 Å². The van der Waals surface area contributed by atoms with Gasteiger partial charge in [-0.2, -0.15) is 0 Å². The second-order valence-electron chi connectivity index (χ2n) is 12.3. The summed E-state index contributed by atoms with van der Waals surface area (Å²) in [6.45, 7) is 0. The zero-order valence-corrected chi connectivity index (χ0v) is 26.2. The van der Waals surface area contributed by atoms with Crippen LogP contribution in [0.1, 0.15) is 0 Å². The maximum absolute atomic E-state index is 6.33. The van der Waals surface area contributed by atoms with E-state index in [4.69, 9.17) is 19.4 Å². The van der Waals surface area contributed by atoms with Crippen molar-refractivity contribution in [2.24, 2.45) is 0 Å². The highest BCUT2D eigenvalue weighted by atomic mass is 16.3. The summed E-state index contributed by atoms with van der Waals surface area (Å²) in [5.41, 5.74) is 6.78. The van der Waals surface area contributed by atoms with E-state index in [-0.39, 0.29) is 0 Å². The van der Waals surface area contributed by atoms with Crippen LogP contribution in [0.4, 0.5) is 0 Å². The highest BCUT2D eigenvalue weighted by Gasteiger charge is 2.18. The van der Waals surface area contributed by atoms with Gasteiger partial charge in [-0.05, 0) is 74.5 Å². The third-order valence-electron chi connectivity index (χ3n) is 9.42. The average molecular weight is 627 g/mol. The van der Waals surface area contributed by atoms with E-state index in [0.717, 1.165) is 55.1 Å². The van der Waals surface area contributed by atoms with Crippen molar-refractivity contribution in [3.63, 3.8) is 0 Å². The molecule has 0 aliphatic carbocycles. The number of pyridine rings is 1. The van der Waals surface area contributed by atoms with E-state index in [0.29, 0.717) is 17.5 Å². The first-order valence-corrected chi connectivity index (χ1v) is 16.3. The van der Waals surface area contributed by atoms with Crippen LogP contribution in [-0.4, -0.2) is 19.9 Å². The van der Waals surface area contributed by atoms with Crippen LogP contribution in [0.5, 0.6) is 0 Å². The van der Waals surface area contributed by atoms with Gasteiger partial charge < -0.3 is 4.42 Å². The normalized spacial score (nSPS) is 11.7. The SMILES string of the molecule is c1ccc(-c2nc(-c3ccc(-c4ccncc4)cc3)nc(-c3ccc4c(c3)c3ccccc3c3ccc5oc6ccccc6c5c34)n2)cc1. The van der Waals surface area contributed by atoms with Gasteiger partial charge in [0.25, 0.3) is 0 Å². The molecule has 10 aromatic rings. The number of para-hydroxylation sites is 1. The lowest BCUT2D eigenvalue weighted by Gasteiger charge is -2.13. The van der Waals surface area contributed by atoms with Gasteiger partial charge in [-0.3, -0.25) is 4.98 Å². The molecule has 0 N–H and O–H groups in total. The molecule has 0 radical (unpaired) electrons. The maximum atomic E-state index is 6.33. The summed E-state index contributed by atoms with van der Waals surface area (Å²) in [4.78, 5) is 19.3. The minimum absolute atomic E-state index is 0.625. The second kappa shape index (κ2) is 10.9. The molecule has 7 aromatic carbocycles. The summed E-state index contributed by atoms with van der Waals surface area (Å²) in [6.07, 6.45) is 3.62. The average Bonchev–Trinajstić information content (AvgIpc) is 3.57. The number of furan rings is 1. The first kappa shape index (κ1) is 27.4. The smallest absolute Gasteiger partial charge is 0.164 e. The van der Waals surface area contributed by atoms with Crippen LogP contribution in [0.3, 0.4) is 0 Å². The summed E-state index contributed by atoms with van der Waals surface area (Å²) in [6, 6.07) is 50.3. The first-order valence-electron chi connectivity index (χ1n) is 16.3. The molecular formula is C44H26N4O. The fourth-order valence-electron chi connectivity index (χ4n) is 7.10.